The summed E-state index contributed by atoms with van der Waals surface area (Å²) in [5, 5.41) is 9.80. The van der Waals surface area contributed by atoms with Gasteiger partial charge in [-0.1, -0.05) is 0 Å². The first-order valence-corrected chi connectivity index (χ1v) is 7.62. The van der Waals surface area contributed by atoms with Crippen molar-refractivity contribution in [2.45, 2.75) is 29.7 Å². The lowest BCUT2D eigenvalue weighted by Crippen LogP contribution is -2.32. The van der Waals surface area contributed by atoms with Crippen LogP contribution in [0.3, 0.4) is 0 Å². The SMILES string of the molecule is CS(=O)(=O)c1c(F)cc(C2(N=C=O)CCC2)c(O)c1F. The van der Waals surface area contributed by atoms with Crippen molar-refractivity contribution in [1.82, 2.24) is 0 Å². The number of sulfone groups is 1. The van der Waals surface area contributed by atoms with E-state index < -0.39 is 37.7 Å². The Balaban J connectivity index is 2.74. The van der Waals surface area contributed by atoms with Crippen LogP contribution in [0.4, 0.5) is 8.78 Å². The van der Waals surface area contributed by atoms with E-state index in [-0.39, 0.29) is 5.56 Å². The molecular weight excluding hydrogens is 292 g/mol. The van der Waals surface area contributed by atoms with Gasteiger partial charge in [0.15, 0.2) is 21.4 Å². The van der Waals surface area contributed by atoms with Gasteiger partial charge >= 0.3 is 0 Å². The second kappa shape index (κ2) is 4.64. The lowest BCUT2D eigenvalue weighted by atomic mass is 9.72. The maximum Gasteiger partial charge on any atom is 0.235 e. The zero-order chi connectivity index (χ0) is 15.1. The Bertz CT molecular complexity index is 719. The smallest absolute Gasteiger partial charge is 0.235 e. The minimum Gasteiger partial charge on any atom is -0.505 e. The van der Waals surface area contributed by atoms with Gasteiger partial charge in [-0.3, -0.25) is 0 Å². The molecule has 0 bridgehead atoms. The highest BCUT2D eigenvalue weighted by Gasteiger charge is 2.43. The summed E-state index contributed by atoms with van der Waals surface area (Å²) in [5.74, 6) is -3.87. The van der Waals surface area contributed by atoms with Crippen molar-refractivity contribution in [1.29, 1.82) is 0 Å². The fraction of sp³-hybridized carbons (Fsp3) is 0.417. The van der Waals surface area contributed by atoms with Gasteiger partial charge in [0, 0.05) is 11.8 Å². The maximum absolute atomic E-state index is 13.9. The van der Waals surface area contributed by atoms with Gasteiger partial charge in [0.1, 0.15) is 16.3 Å². The molecule has 0 aromatic heterocycles. The number of hydrogen-bond acceptors (Lipinski definition) is 5. The summed E-state index contributed by atoms with van der Waals surface area (Å²) < 4.78 is 50.4. The van der Waals surface area contributed by atoms with Gasteiger partial charge < -0.3 is 5.11 Å². The molecule has 0 saturated heterocycles. The van der Waals surface area contributed by atoms with Gasteiger partial charge in [-0.05, 0) is 25.3 Å². The van der Waals surface area contributed by atoms with Crippen molar-refractivity contribution in [2.75, 3.05) is 6.26 Å². The van der Waals surface area contributed by atoms with Gasteiger partial charge in [0.25, 0.3) is 0 Å². The molecule has 0 unspecified atom stereocenters. The molecule has 0 atom stereocenters. The summed E-state index contributed by atoms with van der Waals surface area (Å²) in [6, 6.07) is 0.717. The fourth-order valence-electron chi connectivity index (χ4n) is 2.33. The molecule has 8 heteroatoms. The van der Waals surface area contributed by atoms with Crippen molar-refractivity contribution >= 4 is 15.9 Å². The van der Waals surface area contributed by atoms with Crippen molar-refractivity contribution < 1.29 is 27.1 Å². The van der Waals surface area contributed by atoms with Crippen LogP contribution in [0.25, 0.3) is 0 Å². The Labute approximate surface area is 113 Å². The molecule has 1 fully saturated rings. The number of carbonyl (C=O) groups excluding carboxylic acids is 1. The second-order valence-electron chi connectivity index (χ2n) is 4.76. The summed E-state index contributed by atoms with van der Waals surface area (Å²) in [7, 11) is -4.17. The van der Waals surface area contributed by atoms with Gasteiger partial charge in [0.05, 0.1) is 0 Å². The number of halogens is 2. The Kier molecular flexibility index (Phi) is 3.39. The number of rotatable bonds is 3. The Morgan fingerprint density at radius 3 is 2.40 bits per heavy atom. The summed E-state index contributed by atoms with van der Waals surface area (Å²) in [4.78, 5) is 12.8. The zero-order valence-electron chi connectivity index (χ0n) is 10.5. The highest BCUT2D eigenvalue weighted by molar-refractivity contribution is 7.90. The molecule has 20 heavy (non-hydrogen) atoms. The fourth-order valence-corrected chi connectivity index (χ4v) is 3.16. The van der Waals surface area contributed by atoms with Gasteiger partial charge in [-0.25, -0.2) is 22.0 Å². The summed E-state index contributed by atoms with van der Waals surface area (Å²) in [6.45, 7) is 0. The third kappa shape index (κ3) is 2.10. The van der Waals surface area contributed by atoms with Crippen molar-refractivity contribution in [3.63, 3.8) is 0 Å². The average molecular weight is 303 g/mol. The van der Waals surface area contributed by atoms with Crippen molar-refractivity contribution in [3.8, 4) is 5.75 Å². The number of aromatic hydroxyl groups is 1. The number of hydrogen-bond donors (Lipinski definition) is 1. The summed E-state index contributed by atoms with van der Waals surface area (Å²) >= 11 is 0. The third-order valence-corrected chi connectivity index (χ3v) is 4.58. The lowest BCUT2D eigenvalue weighted by molar-refractivity contribution is 0.242. The van der Waals surface area contributed by atoms with Crippen LogP contribution in [-0.4, -0.2) is 25.9 Å². The van der Waals surface area contributed by atoms with E-state index in [0.29, 0.717) is 25.5 Å². The largest absolute Gasteiger partial charge is 0.505 e. The average Bonchev–Trinajstić information content (AvgIpc) is 2.27. The predicted octanol–water partition coefficient (Wildman–Crippen LogP) is 1.79. The minimum atomic E-state index is -4.17. The molecule has 0 amide bonds. The standard InChI is InChI=1S/C12H11F2NO4S/c1-20(18,19)11-8(13)5-7(10(17)9(11)14)12(15-6-16)3-2-4-12/h5,17H,2-4H2,1H3. The predicted molar refractivity (Wildman–Crippen MR) is 64.8 cm³/mol. The van der Waals surface area contributed by atoms with E-state index in [9.17, 15) is 27.1 Å². The van der Waals surface area contributed by atoms with E-state index in [1.165, 1.54) is 6.08 Å². The van der Waals surface area contributed by atoms with Gasteiger partial charge in [-0.15, -0.1) is 0 Å². The number of nitrogens with zero attached hydrogens (tertiary/aromatic N) is 1. The molecule has 2 rings (SSSR count). The Morgan fingerprint density at radius 2 is 2.00 bits per heavy atom. The van der Waals surface area contributed by atoms with Crippen LogP contribution in [0.5, 0.6) is 5.75 Å². The molecule has 0 spiro atoms. The first kappa shape index (κ1) is 14.6. The van der Waals surface area contributed by atoms with E-state index in [1.54, 1.807) is 0 Å². The van der Waals surface area contributed by atoms with Crippen LogP contribution in [0, 0.1) is 11.6 Å². The molecule has 108 valence electrons. The van der Waals surface area contributed by atoms with E-state index in [4.69, 9.17) is 0 Å². The van der Waals surface area contributed by atoms with Crippen LogP contribution < -0.4 is 0 Å². The van der Waals surface area contributed by atoms with Crippen LogP contribution in [0.1, 0.15) is 24.8 Å². The monoisotopic (exact) mass is 303 g/mol. The number of phenolic OH excluding ortho intramolecular Hbond substituents is 1. The Morgan fingerprint density at radius 1 is 1.40 bits per heavy atom. The van der Waals surface area contributed by atoms with Crippen LogP contribution in [-0.2, 0) is 20.2 Å². The molecule has 1 aromatic rings. The number of benzene rings is 1. The van der Waals surface area contributed by atoms with Crippen LogP contribution in [0.15, 0.2) is 16.0 Å². The maximum atomic E-state index is 13.9. The Hall–Kier alpha value is -1.79. The molecule has 1 aliphatic rings. The van der Waals surface area contributed by atoms with Crippen LogP contribution in [0.2, 0.25) is 0 Å². The molecule has 0 radical (unpaired) electrons. The highest BCUT2D eigenvalue weighted by Crippen LogP contribution is 2.49. The number of isocyanates is 1. The third-order valence-electron chi connectivity index (χ3n) is 3.46. The molecule has 1 saturated carbocycles. The topological polar surface area (TPSA) is 83.8 Å². The normalized spacial score (nSPS) is 17.1. The molecule has 1 aliphatic carbocycles. The molecular formula is C12H11F2NO4S. The van der Waals surface area contributed by atoms with Gasteiger partial charge in [-0.2, -0.15) is 4.99 Å². The molecule has 1 aromatic carbocycles. The molecule has 5 nitrogen and oxygen atoms in total. The van der Waals surface area contributed by atoms with E-state index >= 15 is 0 Å². The van der Waals surface area contributed by atoms with Gasteiger partial charge in [0.2, 0.25) is 6.08 Å². The number of phenols is 1. The second-order valence-corrected chi connectivity index (χ2v) is 6.71. The van der Waals surface area contributed by atoms with E-state index in [0.717, 1.165) is 6.07 Å². The quantitative estimate of drug-likeness (QED) is 0.681. The summed E-state index contributed by atoms with van der Waals surface area (Å²) in [5.41, 5.74) is -1.45. The molecule has 0 aliphatic heterocycles. The number of aliphatic imine (C=N–C) groups is 1. The highest BCUT2D eigenvalue weighted by atomic mass is 32.2. The summed E-state index contributed by atoms with van der Waals surface area (Å²) in [6.07, 6.45) is 3.28. The lowest BCUT2D eigenvalue weighted by Gasteiger charge is -2.37. The first-order valence-electron chi connectivity index (χ1n) is 5.73. The zero-order valence-corrected chi connectivity index (χ0v) is 11.3. The van der Waals surface area contributed by atoms with E-state index in [1.807, 2.05) is 0 Å². The van der Waals surface area contributed by atoms with Crippen molar-refractivity contribution in [2.24, 2.45) is 4.99 Å². The van der Waals surface area contributed by atoms with Crippen LogP contribution >= 0.6 is 0 Å². The molecule has 0 heterocycles. The van der Waals surface area contributed by atoms with Crippen molar-refractivity contribution in [3.05, 3.63) is 23.3 Å². The minimum absolute atomic E-state index is 0.227. The molecule has 1 N–H and O–H groups in total. The van der Waals surface area contributed by atoms with E-state index in [2.05, 4.69) is 4.99 Å². The first-order chi connectivity index (χ1) is 9.23.